The van der Waals surface area contributed by atoms with Crippen molar-refractivity contribution in [2.45, 2.75) is 26.8 Å². The summed E-state index contributed by atoms with van der Waals surface area (Å²) < 4.78 is 20.0. The Hall–Kier alpha value is -2.90. The zero-order chi connectivity index (χ0) is 17.5. The van der Waals surface area contributed by atoms with Crippen molar-refractivity contribution in [1.29, 1.82) is 0 Å². The smallest absolute Gasteiger partial charge is 0.260 e. The number of hydrogen-bond donors (Lipinski definition) is 2. The van der Waals surface area contributed by atoms with Crippen molar-refractivity contribution in [2.24, 2.45) is 0 Å². The lowest BCUT2D eigenvalue weighted by atomic mass is 10.3. The molecule has 2 N–H and O–H groups in total. The predicted octanol–water partition coefficient (Wildman–Crippen LogP) is 1.26. The third-order valence-electron chi connectivity index (χ3n) is 3.16. The van der Waals surface area contributed by atoms with E-state index in [1.807, 2.05) is 19.9 Å². The van der Waals surface area contributed by atoms with Crippen molar-refractivity contribution in [2.75, 3.05) is 6.61 Å². The third kappa shape index (κ3) is 5.08. The highest BCUT2D eigenvalue weighted by Crippen LogP contribution is 2.15. The zero-order valence-corrected chi connectivity index (χ0v) is 13.5. The van der Waals surface area contributed by atoms with E-state index < -0.39 is 17.6 Å². The van der Waals surface area contributed by atoms with E-state index >= 15 is 0 Å². The average molecular weight is 334 g/mol. The number of nitrogens with zero attached hydrogens (tertiary/aromatic N) is 2. The van der Waals surface area contributed by atoms with Crippen molar-refractivity contribution in [3.05, 3.63) is 47.5 Å². The van der Waals surface area contributed by atoms with Gasteiger partial charge in [0.15, 0.2) is 11.6 Å². The quantitative estimate of drug-likeness (QED) is 0.779. The first-order valence-electron chi connectivity index (χ1n) is 7.42. The number of nitrogens with one attached hydrogen (secondary N) is 2. The number of aryl methyl sites for hydroxylation is 2. The second-order valence-electron chi connectivity index (χ2n) is 5.21. The Kier molecular flexibility index (Phi) is 5.89. The number of halogens is 1. The van der Waals surface area contributed by atoms with Gasteiger partial charge in [0.1, 0.15) is 6.54 Å². The highest BCUT2D eigenvalue weighted by Gasteiger charge is 2.09. The normalized spacial score (nSPS) is 10.3. The number of hydrazine groups is 1. The number of carbonyl (C=O) groups excluding carboxylic acids is 2. The van der Waals surface area contributed by atoms with Gasteiger partial charge in [0.2, 0.25) is 5.91 Å². The van der Waals surface area contributed by atoms with Crippen LogP contribution in [0.5, 0.6) is 5.75 Å². The number of hydrogen-bond acceptors (Lipinski definition) is 4. The molecule has 1 aromatic heterocycles. The minimum Gasteiger partial charge on any atom is -0.490 e. The Balaban J connectivity index is 1.68. The summed E-state index contributed by atoms with van der Waals surface area (Å²) in [4.78, 5) is 23.4. The van der Waals surface area contributed by atoms with E-state index in [0.29, 0.717) is 0 Å². The number of amides is 2. The number of benzene rings is 1. The first-order valence-corrected chi connectivity index (χ1v) is 7.42. The summed E-state index contributed by atoms with van der Waals surface area (Å²) in [6, 6.07) is 7.79. The fraction of sp³-hybridized carbons (Fsp3) is 0.312. The minimum atomic E-state index is -0.490. The fourth-order valence-electron chi connectivity index (χ4n) is 2.03. The monoisotopic (exact) mass is 334 g/mol. The lowest BCUT2D eigenvalue weighted by Gasteiger charge is -2.09. The van der Waals surface area contributed by atoms with Gasteiger partial charge >= 0.3 is 0 Å². The summed E-state index contributed by atoms with van der Waals surface area (Å²) in [5.74, 6) is -1.24. The van der Waals surface area contributed by atoms with Crippen LogP contribution < -0.4 is 15.6 Å². The van der Waals surface area contributed by atoms with Gasteiger partial charge in [0.25, 0.3) is 5.91 Å². The maximum absolute atomic E-state index is 13.3. The number of aromatic nitrogens is 2. The molecule has 0 saturated carbocycles. The molecule has 2 aromatic rings. The maximum atomic E-state index is 13.3. The van der Waals surface area contributed by atoms with Crippen LogP contribution in [0.15, 0.2) is 30.3 Å². The van der Waals surface area contributed by atoms with E-state index in [0.717, 1.165) is 11.4 Å². The molecule has 2 rings (SSSR count). The molecule has 0 aliphatic rings. The van der Waals surface area contributed by atoms with Crippen LogP contribution in [-0.4, -0.2) is 28.2 Å². The molecule has 0 aliphatic heterocycles. The molecule has 0 radical (unpaired) electrons. The van der Waals surface area contributed by atoms with Crippen LogP contribution in [0.2, 0.25) is 0 Å². The molecule has 8 heteroatoms. The van der Waals surface area contributed by atoms with Gasteiger partial charge in [-0.15, -0.1) is 0 Å². The van der Waals surface area contributed by atoms with E-state index in [1.54, 1.807) is 12.1 Å². The molecular formula is C16H19FN4O3. The molecule has 128 valence electrons. The molecule has 0 atom stereocenters. The molecule has 24 heavy (non-hydrogen) atoms. The second-order valence-corrected chi connectivity index (χ2v) is 5.21. The molecule has 0 saturated heterocycles. The topological polar surface area (TPSA) is 85.2 Å². The first-order chi connectivity index (χ1) is 11.5. The number of carbonyl (C=O) groups is 2. The van der Waals surface area contributed by atoms with Gasteiger partial charge in [-0.05, 0) is 32.0 Å². The van der Waals surface area contributed by atoms with Gasteiger partial charge in [-0.1, -0.05) is 12.1 Å². The van der Waals surface area contributed by atoms with Gasteiger partial charge in [-0.3, -0.25) is 25.1 Å². The number of para-hydroxylation sites is 1. The highest BCUT2D eigenvalue weighted by molar-refractivity contribution is 5.81. The van der Waals surface area contributed by atoms with Crippen LogP contribution in [0, 0.1) is 19.7 Å². The Morgan fingerprint density at radius 3 is 2.58 bits per heavy atom. The van der Waals surface area contributed by atoms with Crippen molar-refractivity contribution in [3.63, 3.8) is 0 Å². The lowest BCUT2D eigenvalue weighted by Crippen LogP contribution is -2.43. The summed E-state index contributed by atoms with van der Waals surface area (Å²) in [6.07, 6.45) is -0.0193. The summed E-state index contributed by atoms with van der Waals surface area (Å²) in [5.41, 5.74) is 6.24. The van der Waals surface area contributed by atoms with Crippen LogP contribution >= 0.6 is 0 Å². The maximum Gasteiger partial charge on any atom is 0.260 e. The minimum absolute atomic E-state index is 0.0000954. The third-order valence-corrected chi connectivity index (χ3v) is 3.16. The fourth-order valence-corrected chi connectivity index (χ4v) is 2.03. The van der Waals surface area contributed by atoms with Crippen molar-refractivity contribution >= 4 is 11.8 Å². The van der Waals surface area contributed by atoms with E-state index in [1.165, 1.54) is 16.8 Å². The van der Waals surface area contributed by atoms with E-state index in [4.69, 9.17) is 4.74 Å². The molecule has 0 fully saturated rings. The molecule has 0 unspecified atom stereocenters. The lowest BCUT2D eigenvalue weighted by molar-refractivity contribution is -0.129. The van der Waals surface area contributed by atoms with Crippen LogP contribution in [0.1, 0.15) is 17.8 Å². The summed E-state index contributed by atoms with van der Waals surface area (Å²) in [5, 5.41) is 4.16. The van der Waals surface area contributed by atoms with Crippen LogP contribution in [0.25, 0.3) is 0 Å². The Bertz CT molecular complexity index is 730. The second kappa shape index (κ2) is 8.09. The SMILES string of the molecule is Cc1cc(C)n(CC(=O)NNC(=O)CCOc2ccccc2F)n1. The van der Waals surface area contributed by atoms with Gasteiger partial charge in [0, 0.05) is 5.69 Å². The number of rotatable bonds is 6. The van der Waals surface area contributed by atoms with Crippen molar-refractivity contribution < 1.29 is 18.7 Å². The zero-order valence-electron chi connectivity index (χ0n) is 13.5. The first kappa shape index (κ1) is 17.5. The largest absolute Gasteiger partial charge is 0.490 e. The van der Waals surface area contributed by atoms with Gasteiger partial charge < -0.3 is 4.74 Å². The van der Waals surface area contributed by atoms with Crippen LogP contribution in [0.4, 0.5) is 4.39 Å². The highest BCUT2D eigenvalue weighted by atomic mass is 19.1. The van der Waals surface area contributed by atoms with Crippen LogP contribution in [-0.2, 0) is 16.1 Å². The standard InChI is InChI=1S/C16H19FN4O3/c1-11-9-12(2)21(20-11)10-16(23)19-18-15(22)7-8-24-14-6-4-3-5-13(14)17/h3-6,9H,7-8,10H2,1-2H3,(H,18,22)(H,19,23). The molecule has 0 bridgehead atoms. The summed E-state index contributed by atoms with van der Waals surface area (Å²) >= 11 is 0. The average Bonchev–Trinajstić information content (AvgIpc) is 2.85. The molecule has 7 nitrogen and oxygen atoms in total. The van der Waals surface area contributed by atoms with Crippen molar-refractivity contribution in [3.8, 4) is 5.75 Å². The predicted molar refractivity (Wildman–Crippen MR) is 84.5 cm³/mol. The van der Waals surface area contributed by atoms with E-state index in [-0.39, 0.29) is 25.3 Å². The Morgan fingerprint density at radius 1 is 1.21 bits per heavy atom. The number of ether oxygens (including phenoxy) is 1. The van der Waals surface area contributed by atoms with E-state index in [2.05, 4.69) is 16.0 Å². The Morgan fingerprint density at radius 2 is 1.92 bits per heavy atom. The molecule has 1 aromatic carbocycles. The van der Waals surface area contributed by atoms with E-state index in [9.17, 15) is 14.0 Å². The van der Waals surface area contributed by atoms with Gasteiger partial charge in [-0.2, -0.15) is 5.10 Å². The van der Waals surface area contributed by atoms with Crippen molar-refractivity contribution in [1.82, 2.24) is 20.6 Å². The molecule has 1 heterocycles. The summed E-state index contributed by atoms with van der Waals surface area (Å²) in [6.45, 7) is 3.68. The van der Waals surface area contributed by atoms with Crippen LogP contribution in [0.3, 0.4) is 0 Å². The molecule has 0 spiro atoms. The molecular weight excluding hydrogens is 315 g/mol. The van der Waals surface area contributed by atoms with Gasteiger partial charge in [-0.25, -0.2) is 4.39 Å². The Labute approximate surface area is 138 Å². The van der Waals surface area contributed by atoms with Gasteiger partial charge in [0.05, 0.1) is 18.7 Å². The summed E-state index contributed by atoms with van der Waals surface area (Å²) in [7, 11) is 0. The molecule has 2 amide bonds. The molecule has 0 aliphatic carbocycles.